The van der Waals surface area contributed by atoms with Gasteiger partial charge in [-0.3, -0.25) is 4.79 Å². The molecule has 1 heterocycles. The third kappa shape index (κ3) is 4.23. The molecule has 0 aliphatic heterocycles. The Balaban J connectivity index is 1.64. The van der Waals surface area contributed by atoms with Gasteiger partial charge in [0.1, 0.15) is 18.2 Å². The number of amides is 1. The molecule has 0 radical (unpaired) electrons. The van der Waals surface area contributed by atoms with Gasteiger partial charge in [-0.15, -0.1) is 10.2 Å². The van der Waals surface area contributed by atoms with Crippen LogP contribution >= 0.6 is 0 Å². The van der Waals surface area contributed by atoms with E-state index in [0.717, 1.165) is 10.4 Å². The van der Waals surface area contributed by atoms with Crippen LogP contribution in [0.5, 0.6) is 0 Å². The molecule has 0 saturated carbocycles. The summed E-state index contributed by atoms with van der Waals surface area (Å²) in [5.74, 6) is -0.709. The van der Waals surface area contributed by atoms with E-state index < -0.39 is 5.82 Å². The number of carbonyl (C=O) groups is 1. The number of carbonyl (C=O) groups excluding carboxylic acids is 1. The first-order valence-corrected chi connectivity index (χ1v) is 7.53. The molecule has 1 aromatic heterocycles. The smallest absolute Gasteiger partial charge is 0.246 e. The molecule has 6 nitrogen and oxygen atoms in total. The normalized spacial score (nSPS) is 10.7. The highest BCUT2D eigenvalue weighted by Gasteiger charge is 2.13. The van der Waals surface area contributed by atoms with Gasteiger partial charge in [-0.2, -0.15) is 4.80 Å². The summed E-state index contributed by atoms with van der Waals surface area (Å²) in [5.41, 5.74) is 1.29. The lowest BCUT2D eigenvalue weighted by Gasteiger charge is -2.16. The number of rotatable bonds is 5. The van der Waals surface area contributed by atoms with Gasteiger partial charge in [-0.05, 0) is 35.0 Å². The molecule has 0 aliphatic rings. The summed E-state index contributed by atoms with van der Waals surface area (Å²) in [7, 11) is 1.64. The first-order chi connectivity index (χ1) is 12.0. The van der Waals surface area contributed by atoms with Crippen LogP contribution in [0, 0.1) is 11.6 Å². The van der Waals surface area contributed by atoms with Gasteiger partial charge in [0.15, 0.2) is 0 Å². The molecule has 3 aromatic rings. The highest BCUT2D eigenvalue weighted by atomic mass is 19.1. The van der Waals surface area contributed by atoms with Crippen LogP contribution in [0.15, 0.2) is 48.5 Å². The second kappa shape index (κ2) is 7.16. The standard InChI is InChI=1S/C17H15F2N5O/c1-23(10-12-5-7-14(18)8-6-12)16(25)11-24-21-17(20-22-24)13-3-2-4-15(19)9-13/h2-9H,10-11H2,1H3. The van der Waals surface area contributed by atoms with Crippen molar-refractivity contribution in [3.63, 3.8) is 0 Å². The summed E-state index contributed by atoms with van der Waals surface area (Å²) in [6.07, 6.45) is 0. The van der Waals surface area contributed by atoms with Crippen molar-refractivity contribution in [3.8, 4) is 11.4 Å². The molecule has 0 bridgehead atoms. The molecule has 1 amide bonds. The Bertz CT molecular complexity index is 879. The topological polar surface area (TPSA) is 63.9 Å². The average Bonchev–Trinajstić information content (AvgIpc) is 3.05. The molecule has 0 aliphatic carbocycles. The molecule has 8 heteroatoms. The van der Waals surface area contributed by atoms with Gasteiger partial charge in [-0.25, -0.2) is 8.78 Å². The highest BCUT2D eigenvalue weighted by Crippen LogP contribution is 2.14. The fraction of sp³-hybridized carbons (Fsp3) is 0.176. The van der Waals surface area contributed by atoms with E-state index in [1.807, 2.05) is 0 Å². The van der Waals surface area contributed by atoms with Gasteiger partial charge >= 0.3 is 0 Å². The van der Waals surface area contributed by atoms with E-state index >= 15 is 0 Å². The van der Waals surface area contributed by atoms with E-state index in [2.05, 4.69) is 15.4 Å². The number of benzene rings is 2. The van der Waals surface area contributed by atoms with Crippen LogP contribution in [0.2, 0.25) is 0 Å². The Labute approximate surface area is 142 Å². The van der Waals surface area contributed by atoms with Gasteiger partial charge in [-0.1, -0.05) is 24.3 Å². The molecular weight excluding hydrogens is 328 g/mol. The van der Waals surface area contributed by atoms with Gasteiger partial charge in [0.2, 0.25) is 11.7 Å². The fourth-order valence-electron chi connectivity index (χ4n) is 2.25. The van der Waals surface area contributed by atoms with Crippen LogP contribution in [0.25, 0.3) is 11.4 Å². The van der Waals surface area contributed by atoms with Crippen LogP contribution in [-0.2, 0) is 17.9 Å². The highest BCUT2D eigenvalue weighted by molar-refractivity contribution is 5.75. The second-order valence-electron chi connectivity index (χ2n) is 5.53. The molecular formula is C17H15F2N5O. The summed E-state index contributed by atoms with van der Waals surface area (Å²) in [6.45, 7) is 0.241. The Morgan fingerprint density at radius 1 is 1.12 bits per heavy atom. The lowest BCUT2D eigenvalue weighted by Crippen LogP contribution is -2.30. The van der Waals surface area contributed by atoms with Crippen molar-refractivity contribution in [3.05, 3.63) is 65.7 Å². The third-order valence-electron chi connectivity index (χ3n) is 3.57. The first kappa shape index (κ1) is 16.7. The lowest BCUT2D eigenvalue weighted by atomic mass is 10.2. The number of likely N-dealkylation sites (N-methyl/N-ethyl adjacent to an activating group) is 1. The number of aromatic nitrogens is 4. The first-order valence-electron chi connectivity index (χ1n) is 7.53. The summed E-state index contributed by atoms with van der Waals surface area (Å²) >= 11 is 0. The largest absolute Gasteiger partial charge is 0.340 e. The van der Waals surface area contributed by atoms with Crippen molar-refractivity contribution in [1.82, 2.24) is 25.1 Å². The average molecular weight is 343 g/mol. The van der Waals surface area contributed by atoms with Crippen LogP contribution in [0.4, 0.5) is 8.78 Å². The van der Waals surface area contributed by atoms with E-state index in [1.54, 1.807) is 31.3 Å². The van der Waals surface area contributed by atoms with Crippen LogP contribution in [-0.4, -0.2) is 38.1 Å². The number of tetrazole rings is 1. The maximum absolute atomic E-state index is 13.2. The van der Waals surface area contributed by atoms with E-state index in [4.69, 9.17) is 0 Å². The minimum atomic E-state index is -0.399. The van der Waals surface area contributed by atoms with E-state index in [-0.39, 0.29) is 24.1 Å². The Morgan fingerprint density at radius 3 is 2.60 bits per heavy atom. The van der Waals surface area contributed by atoms with Crippen LogP contribution in [0.1, 0.15) is 5.56 Å². The zero-order valence-corrected chi connectivity index (χ0v) is 13.4. The number of hydrogen-bond donors (Lipinski definition) is 0. The predicted molar refractivity (Wildman–Crippen MR) is 86.1 cm³/mol. The number of hydrogen-bond acceptors (Lipinski definition) is 4. The fourth-order valence-corrected chi connectivity index (χ4v) is 2.25. The zero-order chi connectivity index (χ0) is 17.8. The summed E-state index contributed by atoms with van der Waals surface area (Å²) in [5, 5.41) is 11.7. The SMILES string of the molecule is CN(Cc1ccc(F)cc1)C(=O)Cn1nnc(-c2cccc(F)c2)n1. The molecule has 0 unspecified atom stereocenters. The molecule has 0 saturated heterocycles. The van der Waals surface area contributed by atoms with E-state index in [1.165, 1.54) is 29.2 Å². The predicted octanol–water partition coefficient (Wildman–Crippen LogP) is 2.28. The summed E-state index contributed by atoms with van der Waals surface area (Å²) in [4.78, 5) is 14.9. The maximum atomic E-state index is 13.2. The van der Waals surface area contributed by atoms with E-state index in [0.29, 0.717) is 12.1 Å². The second-order valence-corrected chi connectivity index (χ2v) is 5.53. The quantitative estimate of drug-likeness (QED) is 0.713. The van der Waals surface area contributed by atoms with Crippen molar-refractivity contribution in [1.29, 1.82) is 0 Å². The van der Waals surface area contributed by atoms with Crippen molar-refractivity contribution in [2.45, 2.75) is 13.1 Å². The Kier molecular flexibility index (Phi) is 4.78. The van der Waals surface area contributed by atoms with Gasteiger partial charge in [0, 0.05) is 19.2 Å². The molecule has 0 atom stereocenters. The van der Waals surface area contributed by atoms with Crippen LogP contribution < -0.4 is 0 Å². The van der Waals surface area contributed by atoms with Crippen molar-refractivity contribution >= 4 is 5.91 Å². The molecule has 0 fully saturated rings. The Hall–Kier alpha value is -3.16. The minimum absolute atomic E-state index is 0.0972. The van der Waals surface area contributed by atoms with Crippen molar-refractivity contribution < 1.29 is 13.6 Å². The van der Waals surface area contributed by atoms with Gasteiger partial charge in [0.05, 0.1) is 0 Å². The van der Waals surface area contributed by atoms with Gasteiger partial charge < -0.3 is 4.90 Å². The third-order valence-corrected chi connectivity index (χ3v) is 3.57. The maximum Gasteiger partial charge on any atom is 0.246 e. The molecule has 0 N–H and O–H groups in total. The summed E-state index contributed by atoms with van der Waals surface area (Å²) < 4.78 is 26.1. The minimum Gasteiger partial charge on any atom is -0.340 e. The van der Waals surface area contributed by atoms with Gasteiger partial charge in [0.25, 0.3) is 0 Å². The van der Waals surface area contributed by atoms with Crippen molar-refractivity contribution in [2.24, 2.45) is 0 Å². The summed E-state index contributed by atoms with van der Waals surface area (Å²) in [6, 6.07) is 11.8. The molecule has 128 valence electrons. The Morgan fingerprint density at radius 2 is 1.88 bits per heavy atom. The monoisotopic (exact) mass is 343 g/mol. The molecule has 0 spiro atoms. The molecule has 3 rings (SSSR count). The number of halogens is 2. The number of nitrogens with zero attached hydrogens (tertiary/aromatic N) is 5. The molecule has 2 aromatic carbocycles. The zero-order valence-electron chi connectivity index (χ0n) is 13.4. The molecule has 25 heavy (non-hydrogen) atoms. The lowest BCUT2D eigenvalue weighted by molar-refractivity contribution is -0.131. The van der Waals surface area contributed by atoms with Crippen LogP contribution in [0.3, 0.4) is 0 Å². The van der Waals surface area contributed by atoms with E-state index in [9.17, 15) is 13.6 Å². The van der Waals surface area contributed by atoms with Crippen molar-refractivity contribution in [2.75, 3.05) is 7.05 Å².